The minimum Gasteiger partial charge on any atom is -0.508 e. The Hall–Kier alpha value is -1.87. The number of aromatic nitrogens is 1. The number of hydrogen-bond donors (Lipinski definition) is 2. The van der Waals surface area contributed by atoms with Crippen LogP contribution in [0.5, 0.6) is 5.75 Å². The maximum Gasteiger partial charge on any atom is 0.120 e. The van der Waals surface area contributed by atoms with Gasteiger partial charge in [0.1, 0.15) is 5.75 Å². The number of phenols is 1. The van der Waals surface area contributed by atoms with Gasteiger partial charge in [0.15, 0.2) is 0 Å². The van der Waals surface area contributed by atoms with Crippen molar-refractivity contribution in [1.29, 1.82) is 0 Å². The van der Waals surface area contributed by atoms with Gasteiger partial charge >= 0.3 is 0 Å². The summed E-state index contributed by atoms with van der Waals surface area (Å²) in [7, 11) is 0. The Morgan fingerprint density at radius 2 is 1.76 bits per heavy atom. The zero-order valence-corrected chi connectivity index (χ0v) is 16.5. The number of benzene rings is 1. The molecule has 0 aliphatic carbocycles. The van der Waals surface area contributed by atoms with Crippen LogP contribution in [-0.2, 0) is 23.8 Å². The van der Waals surface area contributed by atoms with Crippen molar-refractivity contribution in [1.82, 2.24) is 10.3 Å². The van der Waals surface area contributed by atoms with Crippen LogP contribution in [0.15, 0.2) is 36.7 Å². The molecule has 0 unspecified atom stereocenters. The third-order valence-electron chi connectivity index (χ3n) is 4.52. The predicted octanol–water partition coefficient (Wildman–Crippen LogP) is 4.71. The van der Waals surface area contributed by atoms with E-state index >= 15 is 0 Å². The highest BCUT2D eigenvalue weighted by Gasteiger charge is 2.24. The molecular weight excluding hydrogens is 308 g/mol. The van der Waals surface area contributed by atoms with Crippen LogP contribution in [-0.4, -0.2) is 16.6 Å². The Balaban J connectivity index is 2.16. The van der Waals surface area contributed by atoms with Crippen molar-refractivity contribution in [2.24, 2.45) is 0 Å². The molecule has 0 amide bonds. The molecule has 1 aromatic heterocycles. The number of aromatic hydroxyl groups is 1. The molecule has 2 N–H and O–H groups in total. The van der Waals surface area contributed by atoms with Gasteiger partial charge in [0.25, 0.3) is 0 Å². The molecular formula is C22H32N2O. The molecule has 1 heterocycles. The number of hydrogen-bond acceptors (Lipinski definition) is 3. The minimum atomic E-state index is -0.0148. The van der Waals surface area contributed by atoms with Crippen molar-refractivity contribution in [3.63, 3.8) is 0 Å². The van der Waals surface area contributed by atoms with Crippen molar-refractivity contribution >= 4 is 0 Å². The van der Waals surface area contributed by atoms with E-state index in [1.165, 1.54) is 16.7 Å². The first-order valence-electron chi connectivity index (χ1n) is 9.05. The molecule has 2 rings (SSSR count). The number of nitrogens with zero attached hydrogens (tertiary/aromatic N) is 1. The second kappa shape index (κ2) is 7.57. The van der Waals surface area contributed by atoms with Gasteiger partial charge in [0.05, 0.1) is 0 Å². The minimum absolute atomic E-state index is 0.0148. The quantitative estimate of drug-likeness (QED) is 0.775. The highest BCUT2D eigenvalue weighted by Crippen LogP contribution is 2.36. The first kappa shape index (κ1) is 19.5. The van der Waals surface area contributed by atoms with E-state index < -0.39 is 0 Å². The maximum absolute atomic E-state index is 10.7. The van der Waals surface area contributed by atoms with E-state index in [1.54, 1.807) is 6.20 Å². The first-order valence-corrected chi connectivity index (χ1v) is 9.05. The van der Waals surface area contributed by atoms with Gasteiger partial charge in [-0.25, -0.2) is 0 Å². The lowest BCUT2D eigenvalue weighted by Crippen LogP contribution is -2.23. The Bertz CT molecular complexity index is 694. The zero-order chi connectivity index (χ0) is 18.7. The van der Waals surface area contributed by atoms with Crippen LogP contribution in [0.1, 0.15) is 63.8 Å². The standard InChI is InChI=1S/C22H32N2O/c1-21(2,3)17-12-19(22(4,5)6)18(20(25)13-17)15-24-11-9-16-8-7-10-23-14-16/h7-8,10,12-14,24-25H,9,11,15H2,1-6H3. The lowest BCUT2D eigenvalue weighted by atomic mass is 9.78. The summed E-state index contributed by atoms with van der Waals surface area (Å²) in [6, 6.07) is 8.24. The van der Waals surface area contributed by atoms with Crippen molar-refractivity contribution in [2.45, 2.75) is 65.3 Å². The monoisotopic (exact) mass is 340 g/mol. The molecule has 25 heavy (non-hydrogen) atoms. The fourth-order valence-corrected chi connectivity index (χ4v) is 2.94. The van der Waals surface area contributed by atoms with Gasteiger partial charge in [-0.05, 0) is 52.6 Å². The fourth-order valence-electron chi connectivity index (χ4n) is 2.94. The second-order valence-electron chi connectivity index (χ2n) is 8.81. The SMILES string of the molecule is CC(C)(C)c1cc(O)c(CNCCc2cccnc2)c(C(C)(C)C)c1. The van der Waals surface area contributed by atoms with Crippen LogP contribution in [0.2, 0.25) is 0 Å². The van der Waals surface area contributed by atoms with E-state index in [0.717, 1.165) is 18.5 Å². The highest BCUT2D eigenvalue weighted by molar-refractivity contribution is 5.47. The Labute approximate surface area is 152 Å². The van der Waals surface area contributed by atoms with Crippen LogP contribution >= 0.6 is 0 Å². The summed E-state index contributed by atoms with van der Waals surface area (Å²) in [6.45, 7) is 14.7. The van der Waals surface area contributed by atoms with Crippen molar-refractivity contribution in [2.75, 3.05) is 6.54 Å². The summed E-state index contributed by atoms with van der Waals surface area (Å²) in [5.74, 6) is 0.395. The molecule has 0 saturated heterocycles. The van der Waals surface area contributed by atoms with Crippen molar-refractivity contribution < 1.29 is 5.11 Å². The molecule has 0 spiro atoms. The summed E-state index contributed by atoms with van der Waals surface area (Å²) in [5.41, 5.74) is 4.62. The number of rotatable bonds is 5. The molecule has 2 aromatic rings. The Kier molecular flexibility index (Phi) is 5.89. The summed E-state index contributed by atoms with van der Waals surface area (Å²) >= 11 is 0. The van der Waals surface area contributed by atoms with Gasteiger partial charge in [0.2, 0.25) is 0 Å². The topological polar surface area (TPSA) is 45.1 Å². The maximum atomic E-state index is 10.7. The molecule has 0 fully saturated rings. The Morgan fingerprint density at radius 3 is 2.32 bits per heavy atom. The summed E-state index contributed by atoms with van der Waals surface area (Å²) in [4.78, 5) is 4.15. The summed E-state index contributed by atoms with van der Waals surface area (Å²) in [5, 5.41) is 14.1. The number of phenolic OH excluding ortho intramolecular Hbond substituents is 1. The first-order chi connectivity index (χ1) is 11.6. The van der Waals surface area contributed by atoms with Crippen LogP contribution in [0, 0.1) is 0 Å². The highest BCUT2D eigenvalue weighted by atomic mass is 16.3. The van der Waals surface area contributed by atoms with Crippen LogP contribution < -0.4 is 5.32 Å². The van der Waals surface area contributed by atoms with Crippen molar-refractivity contribution in [3.8, 4) is 5.75 Å². The number of nitrogens with one attached hydrogen (secondary N) is 1. The molecule has 136 valence electrons. The molecule has 0 saturated carbocycles. The zero-order valence-electron chi connectivity index (χ0n) is 16.5. The Morgan fingerprint density at radius 1 is 1.04 bits per heavy atom. The smallest absolute Gasteiger partial charge is 0.120 e. The third-order valence-corrected chi connectivity index (χ3v) is 4.52. The molecule has 0 aliphatic rings. The molecule has 3 nitrogen and oxygen atoms in total. The predicted molar refractivity (Wildman–Crippen MR) is 105 cm³/mol. The number of pyridine rings is 1. The van der Waals surface area contributed by atoms with E-state index in [2.05, 4.69) is 64.0 Å². The molecule has 0 atom stereocenters. The molecule has 0 aliphatic heterocycles. The van der Waals surface area contributed by atoms with Crippen LogP contribution in [0.25, 0.3) is 0 Å². The van der Waals surface area contributed by atoms with E-state index in [-0.39, 0.29) is 10.8 Å². The van der Waals surface area contributed by atoms with E-state index in [9.17, 15) is 5.11 Å². The van der Waals surface area contributed by atoms with Crippen molar-refractivity contribution in [3.05, 3.63) is 58.9 Å². The van der Waals surface area contributed by atoms with Gasteiger partial charge in [0, 0.05) is 24.5 Å². The van der Waals surface area contributed by atoms with E-state index in [0.29, 0.717) is 12.3 Å². The normalized spacial score (nSPS) is 12.4. The average Bonchev–Trinajstić information content (AvgIpc) is 2.51. The summed E-state index contributed by atoms with van der Waals surface area (Å²) in [6.07, 6.45) is 4.62. The van der Waals surface area contributed by atoms with E-state index in [1.807, 2.05) is 18.3 Å². The second-order valence-corrected chi connectivity index (χ2v) is 8.81. The lowest BCUT2D eigenvalue weighted by Gasteiger charge is -2.28. The fraction of sp³-hybridized carbons (Fsp3) is 0.500. The lowest BCUT2D eigenvalue weighted by molar-refractivity contribution is 0.452. The molecule has 0 radical (unpaired) electrons. The van der Waals surface area contributed by atoms with E-state index in [4.69, 9.17) is 0 Å². The van der Waals surface area contributed by atoms with Crippen LogP contribution in [0.4, 0.5) is 0 Å². The van der Waals surface area contributed by atoms with Gasteiger partial charge in [-0.2, -0.15) is 0 Å². The van der Waals surface area contributed by atoms with Gasteiger partial charge in [-0.15, -0.1) is 0 Å². The largest absolute Gasteiger partial charge is 0.508 e. The van der Waals surface area contributed by atoms with Crippen LogP contribution in [0.3, 0.4) is 0 Å². The summed E-state index contributed by atoms with van der Waals surface area (Å²) < 4.78 is 0. The third kappa shape index (κ3) is 5.30. The van der Waals surface area contributed by atoms with Gasteiger partial charge in [-0.1, -0.05) is 53.7 Å². The van der Waals surface area contributed by atoms with Gasteiger partial charge in [-0.3, -0.25) is 4.98 Å². The molecule has 3 heteroatoms. The average molecular weight is 341 g/mol. The molecule has 1 aromatic carbocycles. The molecule has 0 bridgehead atoms. The van der Waals surface area contributed by atoms with Gasteiger partial charge < -0.3 is 10.4 Å².